The highest BCUT2D eigenvalue weighted by Gasteiger charge is 1.99. The third-order valence-electron chi connectivity index (χ3n) is 0.676. The Balaban J connectivity index is 3.04. The highest BCUT2D eigenvalue weighted by molar-refractivity contribution is 7.04. The summed E-state index contributed by atoms with van der Waals surface area (Å²) in [6.07, 6.45) is 0. The lowest BCUT2D eigenvalue weighted by molar-refractivity contribution is -0.392. The van der Waals surface area contributed by atoms with Gasteiger partial charge in [0.05, 0.1) is 0 Å². The molecule has 7 heavy (non-hydrogen) atoms. The topological polar surface area (TPSA) is 27.0 Å². The Hall–Kier alpha value is -0.440. The zero-order valence-electron chi connectivity index (χ0n) is 4.36. The Kier molecular flexibility index (Phi) is 1.06. The van der Waals surface area contributed by atoms with Crippen LogP contribution in [0, 0.1) is 13.8 Å². The first-order valence-electron chi connectivity index (χ1n) is 2.11. The summed E-state index contributed by atoms with van der Waals surface area (Å²) in [7, 11) is 0. The van der Waals surface area contributed by atoms with Gasteiger partial charge >= 0.3 is 5.82 Å². The van der Waals surface area contributed by atoms with Crippen LogP contribution in [-0.2, 0) is 0 Å². The molecule has 1 N–H and O–H groups in total. The van der Waals surface area contributed by atoms with E-state index in [1.54, 1.807) is 0 Å². The third-order valence-corrected chi connectivity index (χ3v) is 1.42. The predicted octanol–water partition coefficient (Wildman–Crippen LogP) is 0.574. The molecule has 0 unspecified atom stereocenters. The molecule has 2 nitrogen and oxygen atoms in total. The second-order valence-electron chi connectivity index (χ2n) is 1.45. The van der Waals surface area contributed by atoms with Gasteiger partial charge in [-0.1, -0.05) is 0 Å². The van der Waals surface area contributed by atoms with Crippen LogP contribution in [0.5, 0.6) is 0 Å². The van der Waals surface area contributed by atoms with Gasteiger partial charge in [-0.25, -0.2) is 4.98 Å². The maximum atomic E-state index is 4.00. The molecule has 0 spiro atoms. The van der Waals surface area contributed by atoms with Gasteiger partial charge in [-0.15, -0.1) is 0 Å². The van der Waals surface area contributed by atoms with E-state index in [1.165, 1.54) is 11.5 Å². The van der Waals surface area contributed by atoms with Crippen molar-refractivity contribution in [3.05, 3.63) is 10.8 Å². The number of hydrogen-bond acceptors (Lipinski definition) is 2. The van der Waals surface area contributed by atoms with Crippen LogP contribution in [0.25, 0.3) is 0 Å². The van der Waals surface area contributed by atoms with Gasteiger partial charge in [0, 0.05) is 18.2 Å². The summed E-state index contributed by atoms with van der Waals surface area (Å²) < 4.78 is 4.00. The van der Waals surface area contributed by atoms with Crippen LogP contribution in [0.3, 0.4) is 0 Å². The van der Waals surface area contributed by atoms with Gasteiger partial charge < -0.3 is 0 Å². The van der Waals surface area contributed by atoms with E-state index in [1.807, 2.05) is 13.8 Å². The van der Waals surface area contributed by atoms with Crippen LogP contribution in [0.4, 0.5) is 0 Å². The molecule has 0 aliphatic heterocycles. The number of rotatable bonds is 0. The normalized spacial score (nSPS) is 9.43. The maximum Gasteiger partial charge on any atom is 0.308 e. The first kappa shape index (κ1) is 4.71. The maximum absolute atomic E-state index is 4.00. The van der Waals surface area contributed by atoms with Gasteiger partial charge in [0.15, 0.2) is 5.01 Å². The number of H-pyrrole nitrogens is 1. The zero-order valence-corrected chi connectivity index (χ0v) is 5.17. The fraction of sp³-hybridized carbons (Fsp3) is 0.500. The minimum atomic E-state index is 1.00. The summed E-state index contributed by atoms with van der Waals surface area (Å²) >= 11 is 1.50. The van der Waals surface area contributed by atoms with Gasteiger partial charge in [-0.05, 0) is 0 Å². The van der Waals surface area contributed by atoms with Crippen molar-refractivity contribution in [1.82, 2.24) is 4.37 Å². The van der Waals surface area contributed by atoms with E-state index in [9.17, 15) is 0 Å². The quantitative estimate of drug-likeness (QED) is 0.485. The predicted molar refractivity (Wildman–Crippen MR) is 28.1 cm³/mol. The molecule has 3 heteroatoms. The van der Waals surface area contributed by atoms with Crippen LogP contribution < -0.4 is 4.98 Å². The number of nitrogens with one attached hydrogen (secondary N) is 1. The lowest BCUT2D eigenvalue weighted by Crippen LogP contribution is -2.03. The molecule has 0 atom stereocenters. The van der Waals surface area contributed by atoms with Gasteiger partial charge in [0.1, 0.15) is 11.5 Å². The second-order valence-corrected chi connectivity index (χ2v) is 2.43. The Morgan fingerprint density at radius 1 is 1.57 bits per heavy atom. The van der Waals surface area contributed by atoms with Crippen LogP contribution >= 0.6 is 11.5 Å². The molecule has 1 rings (SSSR count). The van der Waals surface area contributed by atoms with E-state index in [2.05, 4.69) is 9.36 Å². The molecule has 0 fully saturated rings. The molecule has 0 bridgehead atoms. The molecule has 38 valence electrons. The molecule has 0 aromatic carbocycles. The van der Waals surface area contributed by atoms with Crippen molar-refractivity contribution in [1.29, 1.82) is 0 Å². The standard InChI is InChI=1S/C4H6N2S/c1-3-5-4(2)7-6-3/h1-2H3/p+1. The first-order valence-corrected chi connectivity index (χ1v) is 2.88. The molecule has 0 saturated heterocycles. The van der Waals surface area contributed by atoms with Crippen LogP contribution in [0.15, 0.2) is 0 Å². The molecule has 1 aromatic rings. The molecular formula is C4H7N2S+. The minimum Gasteiger partial charge on any atom is -0.233 e. The average molecular weight is 115 g/mol. The summed E-state index contributed by atoms with van der Waals surface area (Å²) in [5.74, 6) is 1.00. The van der Waals surface area contributed by atoms with Crippen molar-refractivity contribution in [2.45, 2.75) is 13.8 Å². The average Bonchev–Trinajstić information content (AvgIpc) is 1.87. The Bertz CT molecular complexity index is 142. The summed E-state index contributed by atoms with van der Waals surface area (Å²) in [6.45, 7) is 3.95. The zero-order chi connectivity index (χ0) is 5.28. The number of nitrogens with zero attached hydrogens (tertiary/aromatic N) is 1. The fourth-order valence-corrected chi connectivity index (χ4v) is 0.950. The van der Waals surface area contributed by atoms with E-state index in [4.69, 9.17) is 0 Å². The van der Waals surface area contributed by atoms with Gasteiger partial charge in [0.25, 0.3) is 0 Å². The molecule has 0 saturated carbocycles. The number of hydrogen-bond donors (Lipinski definition) is 0. The molecular weight excluding hydrogens is 108 g/mol. The number of aromatic nitrogens is 2. The van der Waals surface area contributed by atoms with Crippen molar-refractivity contribution in [3.8, 4) is 0 Å². The molecule has 1 aromatic heterocycles. The van der Waals surface area contributed by atoms with Crippen molar-refractivity contribution in [2.75, 3.05) is 0 Å². The monoisotopic (exact) mass is 115 g/mol. The van der Waals surface area contributed by atoms with Crippen molar-refractivity contribution in [3.63, 3.8) is 0 Å². The van der Waals surface area contributed by atoms with E-state index in [0.717, 1.165) is 10.8 Å². The molecule has 1 heterocycles. The molecule has 0 amide bonds. The largest absolute Gasteiger partial charge is 0.308 e. The smallest absolute Gasteiger partial charge is 0.233 e. The van der Waals surface area contributed by atoms with Crippen molar-refractivity contribution < 1.29 is 4.98 Å². The number of aromatic amines is 1. The Labute approximate surface area is 46.4 Å². The molecule has 0 radical (unpaired) electrons. The van der Waals surface area contributed by atoms with Crippen LogP contribution in [0.2, 0.25) is 0 Å². The first-order chi connectivity index (χ1) is 3.29. The Morgan fingerprint density at radius 2 is 2.29 bits per heavy atom. The van der Waals surface area contributed by atoms with Gasteiger partial charge in [-0.3, -0.25) is 0 Å². The van der Waals surface area contributed by atoms with E-state index < -0.39 is 0 Å². The van der Waals surface area contributed by atoms with Gasteiger partial charge in [0.2, 0.25) is 0 Å². The summed E-state index contributed by atoms with van der Waals surface area (Å²) in [4.78, 5) is 3.05. The van der Waals surface area contributed by atoms with Crippen molar-refractivity contribution >= 4 is 11.5 Å². The van der Waals surface area contributed by atoms with Gasteiger partial charge in [-0.2, -0.15) is 0 Å². The van der Waals surface area contributed by atoms with E-state index >= 15 is 0 Å². The van der Waals surface area contributed by atoms with Crippen LogP contribution in [0.1, 0.15) is 10.8 Å². The molecule has 0 aliphatic rings. The van der Waals surface area contributed by atoms with Crippen molar-refractivity contribution in [2.24, 2.45) is 0 Å². The SMILES string of the molecule is Cc1nsc(C)[nH+]1. The fourth-order valence-electron chi connectivity index (χ4n) is 0.437. The number of aryl methyl sites for hydroxylation is 2. The lowest BCUT2D eigenvalue weighted by Gasteiger charge is -1.60. The summed E-state index contributed by atoms with van der Waals surface area (Å²) in [5.41, 5.74) is 0. The summed E-state index contributed by atoms with van der Waals surface area (Å²) in [5, 5.41) is 1.16. The molecule has 0 aliphatic carbocycles. The highest BCUT2D eigenvalue weighted by Crippen LogP contribution is 1.92. The second kappa shape index (κ2) is 1.58. The van der Waals surface area contributed by atoms with E-state index in [-0.39, 0.29) is 0 Å². The lowest BCUT2D eigenvalue weighted by atomic mass is 10.7. The van der Waals surface area contributed by atoms with E-state index in [0.29, 0.717) is 0 Å². The highest BCUT2D eigenvalue weighted by atomic mass is 32.1. The third kappa shape index (κ3) is 0.962. The minimum absolute atomic E-state index is 1.00. The Morgan fingerprint density at radius 3 is 2.43 bits per heavy atom. The summed E-state index contributed by atoms with van der Waals surface area (Å²) in [6, 6.07) is 0. The van der Waals surface area contributed by atoms with Crippen LogP contribution in [-0.4, -0.2) is 4.37 Å².